The van der Waals surface area contributed by atoms with Gasteiger partial charge >= 0.3 is 12.2 Å². The van der Waals surface area contributed by atoms with Gasteiger partial charge in [0.2, 0.25) is 5.91 Å². The standard InChI is InChI=1S/C28H28F3N5O3/c1-32-15-17-10-21(28(29,30)31)13-22(11-17)34-27(38)36-9-7-18-4-5-23(12-20(18)16-36)39-24-6-8-33-25(14-24)35-26(37)19-2-3-19/h4-6,8,10-14,19,32H,2-3,7,9,15-16H2,1H3,(H,34,38)(H,33,35,37). The summed E-state index contributed by atoms with van der Waals surface area (Å²) in [6.45, 7) is 0.939. The van der Waals surface area contributed by atoms with E-state index in [1.807, 2.05) is 18.2 Å². The van der Waals surface area contributed by atoms with Crippen LogP contribution in [0, 0.1) is 5.92 Å². The summed E-state index contributed by atoms with van der Waals surface area (Å²) >= 11 is 0. The summed E-state index contributed by atoms with van der Waals surface area (Å²) in [7, 11) is 1.64. The molecule has 3 amide bonds. The number of fused-ring (bicyclic) bond motifs is 1. The molecule has 0 saturated heterocycles. The van der Waals surface area contributed by atoms with Crippen molar-refractivity contribution in [3.05, 3.63) is 77.0 Å². The maximum Gasteiger partial charge on any atom is 0.416 e. The zero-order valence-corrected chi connectivity index (χ0v) is 21.3. The van der Waals surface area contributed by atoms with E-state index in [4.69, 9.17) is 4.74 Å². The Kier molecular flexibility index (Phi) is 7.42. The zero-order chi connectivity index (χ0) is 27.6. The quantitative estimate of drug-likeness (QED) is 0.366. The first-order valence-electron chi connectivity index (χ1n) is 12.7. The normalized spacial score (nSPS) is 14.9. The molecule has 0 spiro atoms. The number of urea groups is 1. The molecule has 2 aromatic carbocycles. The van der Waals surface area contributed by atoms with Crippen LogP contribution in [0.15, 0.2) is 54.7 Å². The van der Waals surface area contributed by atoms with E-state index in [-0.39, 0.29) is 30.6 Å². The SMILES string of the molecule is CNCc1cc(NC(=O)N2CCc3ccc(Oc4ccnc(NC(=O)C5CC5)c4)cc3C2)cc(C(F)(F)F)c1. The molecule has 0 atom stereocenters. The summed E-state index contributed by atoms with van der Waals surface area (Å²) in [6, 6.07) is 12.0. The highest BCUT2D eigenvalue weighted by atomic mass is 19.4. The third-order valence-electron chi connectivity index (χ3n) is 6.60. The number of halogens is 3. The second-order valence-electron chi connectivity index (χ2n) is 9.72. The smallest absolute Gasteiger partial charge is 0.416 e. The summed E-state index contributed by atoms with van der Waals surface area (Å²) < 4.78 is 46.1. The van der Waals surface area contributed by atoms with Gasteiger partial charge in [-0.15, -0.1) is 0 Å². The summed E-state index contributed by atoms with van der Waals surface area (Å²) in [5.74, 6) is 1.48. The number of rotatable bonds is 7. The Morgan fingerprint density at radius 2 is 1.82 bits per heavy atom. The van der Waals surface area contributed by atoms with E-state index < -0.39 is 17.8 Å². The number of amides is 3. The Bertz CT molecular complexity index is 1390. The van der Waals surface area contributed by atoms with Crippen LogP contribution in [-0.2, 0) is 30.5 Å². The van der Waals surface area contributed by atoms with Crippen molar-refractivity contribution in [2.75, 3.05) is 24.2 Å². The van der Waals surface area contributed by atoms with Crippen molar-refractivity contribution in [2.24, 2.45) is 5.92 Å². The van der Waals surface area contributed by atoms with Gasteiger partial charge in [-0.05, 0) is 79.4 Å². The first kappa shape index (κ1) is 26.5. The molecular formula is C28H28F3N5O3. The molecule has 1 aliphatic heterocycles. The average Bonchev–Trinajstić information content (AvgIpc) is 3.74. The number of carbonyl (C=O) groups is 2. The Morgan fingerprint density at radius 3 is 2.56 bits per heavy atom. The molecule has 1 aromatic heterocycles. The molecule has 1 saturated carbocycles. The van der Waals surface area contributed by atoms with E-state index in [2.05, 4.69) is 20.9 Å². The first-order chi connectivity index (χ1) is 18.7. The van der Waals surface area contributed by atoms with Crippen LogP contribution in [0.1, 0.15) is 35.1 Å². The maximum atomic E-state index is 13.4. The minimum Gasteiger partial charge on any atom is -0.457 e. The number of ether oxygens (including phenoxy) is 1. The van der Waals surface area contributed by atoms with Crippen molar-refractivity contribution in [3.8, 4) is 11.5 Å². The molecule has 1 fully saturated rings. The zero-order valence-electron chi connectivity index (χ0n) is 21.3. The summed E-state index contributed by atoms with van der Waals surface area (Å²) in [5.41, 5.74) is 1.63. The minimum atomic E-state index is -4.53. The van der Waals surface area contributed by atoms with Crippen LogP contribution in [0.4, 0.5) is 29.5 Å². The van der Waals surface area contributed by atoms with Gasteiger partial charge in [0.1, 0.15) is 17.3 Å². The highest BCUT2D eigenvalue weighted by Crippen LogP contribution is 2.33. The van der Waals surface area contributed by atoms with Gasteiger partial charge in [0.15, 0.2) is 0 Å². The number of hydrogen-bond donors (Lipinski definition) is 3. The molecule has 0 radical (unpaired) electrons. The number of aromatic nitrogens is 1. The van der Waals surface area contributed by atoms with E-state index in [0.29, 0.717) is 35.8 Å². The molecule has 3 aromatic rings. The molecule has 8 nitrogen and oxygen atoms in total. The number of nitrogens with one attached hydrogen (secondary N) is 3. The van der Waals surface area contributed by atoms with Crippen molar-refractivity contribution >= 4 is 23.4 Å². The summed E-state index contributed by atoms with van der Waals surface area (Å²) in [4.78, 5) is 30.8. The monoisotopic (exact) mass is 539 g/mol. The Balaban J connectivity index is 1.26. The van der Waals surface area contributed by atoms with Crippen molar-refractivity contribution in [1.29, 1.82) is 0 Å². The van der Waals surface area contributed by atoms with Crippen molar-refractivity contribution < 1.29 is 27.5 Å². The van der Waals surface area contributed by atoms with Crippen molar-refractivity contribution in [3.63, 3.8) is 0 Å². The van der Waals surface area contributed by atoms with Crippen LogP contribution in [0.5, 0.6) is 11.5 Å². The largest absolute Gasteiger partial charge is 0.457 e. The van der Waals surface area contributed by atoms with Gasteiger partial charge in [0.25, 0.3) is 0 Å². The number of nitrogens with zero attached hydrogens (tertiary/aromatic N) is 2. The van der Waals surface area contributed by atoms with Gasteiger partial charge in [-0.3, -0.25) is 4.79 Å². The molecule has 5 rings (SSSR count). The lowest BCUT2D eigenvalue weighted by Crippen LogP contribution is -2.38. The molecule has 11 heteroatoms. The van der Waals surface area contributed by atoms with Crippen LogP contribution in [0.3, 0.4) is 0 Å². The lowest BCUT2D eigenvalue weighted by Gasteiger charge is -2.29. The van der Waals surface area contributed by atoms with E-state index in [1.54, 1.807) is 30.3 Å². The number of carbonyl (C=O) groups excluding carboxylic acids is 2. The first-order valence-corrected chi connectivity index (χ1v) is 12.7. The highest BCUT2D eigenvalue weighted by Gasteiger charge is 2.32. The second-order valence-corrected chi connectivity index (χ2v) is 9.72. The molecule has 0 unspecified atom stereocenters. The molecule has 2 heterocycles. The summed E-state index contributed by atoms with van der Waals surface area (Å²) in [5, 5.41) is 8.26. The van der Waals surface area contributed by atoms with Crippen LogP contribution in [-0.4, -0.2) is 35.4 Å². The number of anilines is 2. The van der Waals surface area contributed by atoms with Gasteiger partial charge in [-0.25, -0.2) is 9.78 Å². The Labute approximate surface area is 223 Å². The number of alkyl halides is 3. The van der Waals surface area contributed by atoms with Gasteiger partial charge in [-0.1, -0.05) is 6.07 Å². The van der Waals surface area contributed by atoms with E-state index in [9.17, 15) is 22.8 Å². The van der Waals surface area contributed by atoms with Crippen LogP contribution in [0.2, 0.25) is 0 Å². The van der Waals surface area contributed by atoms with Gasteiger partial charge in [0.05, 0.1) is 5.56 Å². The third-order valence-corrected chi connectivity index (χ3v) is 6.60. The second kappa shape index (κ2) is 10.9. The topological polar surface area (TPSA) is 95.6 Å². The van der Waals surface area contributed by atoms with Crippen LogP contribution >= 0.6 is 0 Å². The number of pyridine rings is 1. The van der Waals surface area contributed by atoms with Gasteiger partial charge in [0, 0.05) is 43.5 Å². The highest BCUT2D eigenvalue weighted by molar-refractivity contribution is 5.93. The van der Waals surface area contributed by atoms with Crippen molar-refractivity contribution in [1.82, 2.24) is 15.2 Å². The lowest BCUT2D eigenvalue weighted by atomic mass is 9.99. The third kappa shape index (κ3) is 6.66. The predicted molar refractivity (Wildman–Crippen MR) is 139 cm³/mol. The Hall–Kier alpha value is -4.12. The molecule has 2 aliphatic rings. The van der Waals surface area contributed by atoms with E-state index in [0.717, 1.165) is 36.1 Å². The fraction of sp³-hybridized carbons (Fsp3) is 0.321. The molecule has 204 valence electrons. The molecule has 39 heavy (non-hydrogen) atoms. The summed E-state index contributed by atoms with van der Waals surface area (Å²) in [6.07, 6.45) is -0.587. The predicted octanol–water partition coefficient (Wildman–Crippen LogP) is 5.55. The maximum absolute atomic E-state index is 13.4. The molecule has 0 bridgehead atoms. The van der Waals surface area contributed by atoms with Crippen molar-refractivity contribution in [2.45, 2.75) is 38.5 Å². The number of hydrogen-bond acceptors (Lipinski definition) is 5. The van der Waals surface area contributed by atoms with Gasteiger partial charge in [-0.2, -0.15) is 13.2 Å². The van der Waals surface area contributed by atoms with Crippen LogP contribution in [0.25, 0.3) is 0 Å². The molecule has 1 aliphatic carbocycles. The molecular weight excluding hydrogens is 511 g/mol. The number of benzene rings is 2. The molecule has 3 N–H and O–H groups in total. The lowest BCUT2D eigenvalue weighted by molar-refractivity contribution is -0.137. The minimum absolute atomic E-state index is 0.0461. The fourth-order valence-electron chi connectivity index (χ4n) is 4.46. The average molecular weight is 540 g/mol. The fourth-order valence-corrected chi connectivity index (χ4v) is 4.46. The van der Waals surface area contributed by atoms with E-state index in [1.165, 1.54) is 6.07 Å². The Morgan fingerprint density at radius 1 is 1.03 bits per heavy atom. The van der Waals surface area contributed by atoms with Gasteiger partial charge < -0.3 is 25.6 Å². The van der Waals surface area contributed by atoms with E-state index >= 15 is 0 Å². The van der Waals surface area contributed by atoms with Crippen LogP contribution < -0.4 is 20.7 Å².